The molecule has 0 radical (unpaired) electrons. The second kappa shape index (κ2) is 5.24. The smallest absolute Gasteiger partial charge is 0.163 e. The Morgan fingerprint density at radius 3 is 2.48 bits per heavy atom. The second-order valence-corrected chi connectivity index (χ2v) is 5.60. The van der Waals surface area contributed by atoms with Crippen LogP contribution in [0.3, 0.4) is 0 Å². The molecule has 0 aliphatic carbocycles. The van der Waals surface area contributed by atoms with Crippen molar-refractivity contribution in [3.8, 4) is 11.4 Å². The van der Waals surface area contributed by atoms with E-state index in [2.05, 4.69) is 9.97 Å². The summed E-state index contributed by atoms with van der Waals surface area (Å²) in [7, 11) is 0. The Balaban J connectivity index is 2.36. The molecule has 2 aromatic carbocycles. The highest BCUT2D eigenvalue weighted by Gasteiger charge is 2.15. The Morgan fingerprint density at radius 2 is 1.71 bits per heavy atom. The van der Waals surface area contributed by atoms with E-state index in [1.807, 2.05) is 26.0 Å². The first kappa shape index (κ1) is 14.2. The summed E-state index contributed by atoms with van der Waals surface area (Å²) >= 11 is 12.5. The van der Waals surface area contributed by atoms with Gasteiger partial charge in [-0.05, 0) is 37.1 Å². The zero-order valence-corrected chi connectivity index (χ0v) is 12.9. The summed E-state index contributed by atoms with van der Waals surface area (Å²) in [5.74, 6) is -0.101. The van der Waals surface area contributed by atoms with Crippen LogP contribution in [-0.2, 0) is 0 Å². The highest BCUT2D eigenvalue weighted by molar-refractivity contribution is 6.35. The lowest BCUT2D eigenvalue weighted by molar-refractivity contribution is 0.636. The van der Waals surface area contributed by atoms with Crippen LogP contribution in [0.2, 0.25) is 10.2 Å². The fourth-order valence-corrected chi connectivity index (χ4v) is 2.79. The van der Waals surface area contributed by atoms with Crippen LogP contribution in [0, 0.1) is 19.7 Å². The maximum absolute atomic E-state index is 14.0. The minimum Gasteiger partial charge on any atom is -0.225 e. The average molecular weight is 321 g/mol. The van der Waals surface area contributed by atoms with Gasteiger partial charge in [-0.1, -0.05) is 41.4 Å². The molecule has 0 aliphatic rings. The Morgan fingerprint density at radius 1 is 0.952 bits per heavy atom. The van der Waals surface area contributed by atoms with Gasteiger partial charge in [0, 0.05) is 10.9 Å². The topological polar surface area (TPSA) is 25.8 Å². The molecule has 0 saturated heterocycles. The van der Waals surface area contributed by atoms with Crippen molar-refractivity contribution in [1.29, 1.82) is 0 Å². The van der Waals surface area contributed by atoms with E-state index < -0.39 is 5.82 Å². The van der Waals surface area contributed by atoms with Gasteiger partial charge in [0.15, 0.2) is 5.82 Å². The molecule has 0 aliphatic heterocycles. The number of halogens is 3. The number of benzene rings is 2. The van der Waals surface area contributed by atoms with Crippen LogP contribution in [0.25, 0.3) is 22.3 Å². The molecule has 0 amide bonds. The predicted octanol–water partition coefficient (Wildman–Crippen LogP) is 5.36. The van der Waals surface area contributed by atoms with Crippen LogP contribution in [0.1, 0.15) is 11.1 Å². The Kier molecular flexibility index (Phi) is 3.56. The Labute approximate surface area is 131 Å². The molecule has 0 N–H and O–H groups in total. The largest absolute Gasteiger partial charge is 0.225 e. The van der Waals surface area contributed by atoms with E-state index in [0.29, 0.717) is 21.8 Å². The van der Waals surface area contributed by atoms with Crippen LogP contribution in [0.15, 0.2) is 30.3 Å². The predicted molar refractivity (Wildman–Crippen MR) is 84.4 cm³/mol. The molecule has 0 fully saturated rings. The first-order chi connectivity index (χ1) is 9.99. The maximum atomic E-state index is 14.0. The average Bonchev–Trinajstić information content (AvgIpc) is 2.45. The Bertz CT molecular complexity index is 863. The molecule has 21 heavy (non-hydrogen) atoms. The number of hydrogen-bond donors (Lipinski definition) is 0. The normalized spacial score (nSPS) is 11.1. The summed E-state index contributed by atoms with van der Waals surface area (Å²) in [5, 5.41) is 1.30. The lowest BCUT2D eigenvalue weighted by Gasteiger charge is -2.09. The number of hydrogen-bond acceptors (Lipinski definition) is 2. The number of nitrogens with zero attached hydrogens (tertiary/aromatic N) is 2. The first-order valence-electron chi connectivity index (χ1n) is 6.37. The summed E-state index contributed by atoms with van der Waals surface area (Å²) in [6.45, 7) is 3.73. The SMILES string of the molecule is Cc1cccc(-c2nc(Cl)c3c(C)ccc(F)c3n2)c1Cl. The van der Waals surface area contributed by atoms with E-state index in [-0.39, 0.29) is 10.7 Å². The fraction of sp³-hybridized carbons (Fsp3) is 0.125. The maximum Gasteiger partial charge on any atom is 0.163 e. The molecule has 0 unspecified atom stereocenters. The van der Waals surface area contributed by atoms with Gasteiger partial charge in [0.1, 0.15) is 16.5 Å². The molecule has 0 saturated carbocycles. The summed E-state index contributed by atoms with van der Waals surface area (Å²) < 4.78 is 14.0. The summed E-state index contributed by atoms with van der Waals surface area (Å²) in [4.78, 5) is 8.59. The number of aromatic nitrogens is 2. The zero-order valence-electron chi connectivity index (χ0n) is 11.4. The molecule has 3 aromatic rings. The minimum absolute atomic E-state index is 0.211. The van der Waals surface area contributed by atoms with Crippen molar-refractivity contribution >= 4 is 34.1 Å². The molecular weight excluding hydrogens is 310 g/mol. The lowest BCUT2D eigenvalue weighted by atomic mass is 10.1. The van der Waals surface area contributed by atoms with Crippen LogP contribution in [0.4, 0.5) is 4.39 Å². The van der Waals surface area contributed by atoms with Crippen molar-refractivity contribution in [2.45, 2.75) is 13.8 Å². The summed E-state index contributed by atoms with van der Waals surface area (Å²) in [6.07, 6.45) is 0. The third-order valence-corrected chi connectivity index (χ3v) is 4.17. The van der Waals surface area contributed by atoms with Gasteiger partial charge in [-0.25, -0.2) is 14.4 Å². The van der Waals surface area contributed by atoms with E-state index in [1.165, 1.54) is 6.07 Å². The quantitative estimate of drug-likeness (QED) is 0.564. The van der Waals surface area contributed by atoms with Crippen LogP contribution in [-0.4, -0.2) is 9.97 Å². The van der Waals surface area contributed by atoms with Crippen molar-refractivity contribution in [3.63, 3.8) is 0 Å². The number of aryl methyl sites for hydroxylation is 2. The minimum atomic E-state index is -0.426. The van der Waals surface area contributed by atoms with Gasteiger partial charge in [0.05, 0.1) is 5.02 Å². The molecule has 106 valence electrons. The molecule has 5 heteroatoms. The third-order valence-electron chi connectivity index (χ3n) is 3.40. The highest BCUT2D eigenvalue weighted by Crippen LogP contribution is 2.32. The highest BCUT2D eigenvalue weighted by atomic mass is 35.5. The van der Waals surface area contributed by atoms with E-state index >= 15 is 0 Å². The van der Waals surface area contributed by atoms with Crippen molar-refractivity contribution in [2.24, 2.45) is 0 Å². The van der Waals surface area contributed by atoms with Crippen molar-refractivity contribution in [2.75, 3.05) is 0 Å². The molecule has 1 aromatic heterocycles. The molecule has 3 rings (SSSR count). The first-order valence-corrected chi connectivity index (χ1v) is 7.12. The van der Waals surface area contributed by atoms with Crippen molar-refractivity contribution in [3.05, 3.63) is 57.5 Å². The van der Waals surface area contributed by atoms with Gasteiger partial charge < -0.3 is 0 Å². The van der Waals surface area contributed by atoms with E-state index in [4.69, 9.17) is 23.2 Å². The van der Waals surface area contributed by atoms with Gasteiger partial charge in [-0.2, -0.15) is 0 Å². The van der Waals surface area contributed by atoms with Crippen LogP contribution < -0.4 is 0 Å². The number of rotatable bonds is 1. The summed E-state index contributed by atoms with van der Waals surface area (Å²) in [5.41, 5.74) is 2.58. The molecule has 2 nitrogen and oxygen atoms in total. The Hall–Kier alpha value is -1.71. The summed E-state index contributed by atoms with van der Waals surface area (Å²) in [6, 6.07) is 8.57. The lowest BCUT2D eigenvalue weighted by Crippen LogP contribution is -1.96. The molecule has 0 spiro atoms. The fourth-order valence-electron chi connectivity index (χ4n) is 2.26. The van der Waals surface area contributed by atoms with E-state index in [9.17, 15) is 4.39 Å². The van der Waals surface area contributed by atoms with Gasteiger partial charge in [-0.15, -0.1) is 0 Å². The van der Waals surface area contributed by atoms with Gasteiger partial charge in [0.2, 0.25) is 0 Å². The van der Waals surface area contributed by atoms with Crippen molar-refractivity contribution in [1.82, 2.24) is 9.97 Å². The zero-order chi connectivity index (χ0) is 15.1. The van der Waals surface area contributed by atoms with E-state index in [0.717, 1.165) is 11.1 Å². The number of fused-ring (bicyclic) bond motifs is 1. The molecule has 0 atom stereocenters. The van der Waals surface area contributed by atoms with Gasteiger partial charge in [0.25, 0.3) is 0 Å². The second-order valence-electron chi connectivity index (χ2n) is 4.86. The third kappa shape index (κ3) is 2.37. The standard InChI is InChI=1S/C16H11Cl2FN2/c1-8-6-7-11(19)14-12(8)15(18)21-16(20-14)10-5-3-4-9(2)13(10)17/h3-7H,1-2H3. The van der Waals surface area contributed by atoms with Gasteiger partial charge in [-0.3, -0.25) is 0 Å². The molecule has 1 heterocycles. The molecule has 0 bridgehead atoms. The van der Waals surface area contributed by atoms with Crippen molar-refractivity contribution < 1.29 is 4.39 Å². The monoisotopic (exact) mass is 320 g/mol. The van der Waals surface area contributed by atoms with Crippen LogP contribution in [0.5, 0.6) is 0 Å². The van der Waals surface area contributed by atoms with Gasteiger partial charge >= 0.3 is 0 Å². The molecular formula is C16H11Cl2FN2. The van der Waals surface area contributed by atoms with Crippen LogP contribution >= 0.6 is 23.2 Å². The van der Waals surface area contributed by atoms with E-state index in [1.54, 1.807) is 12.1 Å².